The van der Waals surface area contributed by atoms with E-state index >= 15 is 0 Å². The highest BCUT2D eigenvalue weighted by molar-refractivity contribution is 9.09. The Morgan fingerprint density at radius 1 is 1.69 bits per heavy atom. The highest BCUT2D eigenvalue weighted by Gasteiger charge is 2.06. The van der Waals surface area contributed by atoms with Crippen molar-refractivity contribution in [2.45, 2.75) is 0 Å². The standard InChI is InChI=1S/C9H9BrO2S/c1-12-9(11)8-5-4-7(13-8)3-2-6-10/h2-5H,6H2,1H3/b3-2-. The average molecular weight is 261 g/mol. The fraction of sp³-hybridized carbons (Fsp3) is 0.222. The molecule has 0 aliphatic rings. The number of alkyl halides is 1. The first-order valence-corrected chi connectivity index (χ1v) is 5.62. The molecule has 0 aromatic carbocycles. The van der Waals surface area contributed by atoms with Crippen LogP contribution in [0.4, 0.5) is 0 Å². The van der Waals surface area contributed by atoms with Gasteiger partial charge in [-0.25, -0.2) is 4.79 Å². The van der Waals surface area contributed by atoms with Gasteiger partial charge in [0, 0.05) is 10.2 Å². The third kappa shape index (κ3) is 2.97. The van der Waals surface area contributed by atoms with E-state index in [-0.39, 0.29) is 5.97 Å². The van der Waals surface area contributed by atoms with Gasteiger partial charge in [0.15, 0.2) is 0 Å². The van der Waals surface area contributed by atoms with Crippen molar-refractivity contribution < 1.29 is 9.53 Å². The van der Waals surface area contributed by atoms with Crippen molar-refractivity contribution >= 4 is 39.3 Å². The summed E-state index contributed by atoms with van der Waals surface area (Å²) >= 11 is 4.71. The molecular weight excluding hydrogens is 252 g/mol. The van der Waals surface area contributed by atoms with E-state index in [2.05, 4.69) is 20.7 Å². The highest BCUT2D eigenvalue weighted by Crippen LogP contribution is 2.18. The number of thiophene rings is 1. The Hall–Kier alpha value is -0.610. The molecule has 0 bridgehead atoms. The SMILES string of the molecule is COC(=O)c1ccc(/C=C\CBr)s1. The van der Waals surface area contributed by atoms with E-state index in [0.717, 1.165) is 10.2 Å². The Balaban J connectivity index is 2.74. The third-order valence-electron chi connectivity index (χ3n) is 1.38. The molecule has 0 saturated heterocycles. The van der Waals surface area contributed by atoms with Crippen molar-refractivity contribution in [2.24, 2.45) is 0 Å². The monoisotopic (exact) mass is 260 g/mol. The normalized spacial score (nSPS) is 10.6. The number of halogens is 1. The largest absolute Gasteiger partial charge is 0.465 e. The third-order valence-corrected chi connectivity index (χ3v) is 2.79. The number of allylic oxidation sites excluding steroid dienone is 1. The molecule has 0 saturated carbocycles. The van der Waals surface area contributed by atoms with E-state index in [9.17, 15) is 4.79 Å². The molecule has 0 amide bonds. The number of carbonyl (C=O) groups excluding carboxylic acids is 1. The van der Waals surface area contributed by atoms with Gasteiger partial charge in [0.25, 0.3) is 0 Å². The summed E-state index contributed by atoms with van der Waals surface area (Å²) in [4.78, 5) is 12.7. The molecule has 1 aromatic heterocycles. The summed E-state index contributed by atoms with van der Waals surface area (Å²) in [6, 6.07) is 3.67. The van der Waals surface area contributed by atoms with Gasteiger partial charge in [-0.3, -0.25) is 0 Å². The zero-order valence-corrected chi connectivity index (χ0v) is 9.52. The number of esters is 1. The Bertz CT molecular complexity index is 317. The van der Waals surface area contributed by atoms with Gasteiger partial charge in [-0.1, -0.05) is 22.0 Å². The molecule has 1 aromatic rings. The first-order valence-electron chi connectivity index (χ1n) is 3.68. The van der Waals surface area contributed by atoms with Gasteiger partial charge in [0.1, 0.15) is 4.88 Å². The second kappa shape index (κ2) is 5.19. The molecule has 1 heterocycles. The smallest absolute Gasteiger partial charge is 0.348 e. The van der Waals surface area contributed by atoms with Crippen molar-refractivity contribution in [3.05, 3.63) is 28.0 Å². The summed E-state index contributed by atoms with van der Waals surface area (Å²) < 4.78 is 4.59. The highest BCUT2D eigenvalue weighted by atomic mass is 79.9. The van der Waals surface area contributed by atoms with Crippen molar-refractivity contribution in [3.8, 4) is 0 Å². The molecule has 0 N–H and O–H groups in total. The number of hydrogen-bond acceptors (Lipinski definition) is 3. The zero-order valence-electron chi connectivity index (χ0n) is 7.12. The van der Waals surface area contributed by atoms with E-state index in [1.807, 2.05) is 18.2 Å². The average Bonchev–Trinajstić information content (AvgIpc) is 2.62. The Morgan fingerprint density at radius 3 is 3.08 bits per heavy atom. The maximum absolute atomic E-state index is 11.1. The summed E-state index contributed by atoms with van der Waals surface area (Å²) in [6.07, 6.45) is 3.94. The lowest BCUT2D eigenvalue weighted by atomic mass is 10.4. The second-order valence-corrected chi connectivity index (χ2v) is 4.01. The molecule has 0 spiro atoms. The van der Waals surface area contributed by atoms with Crippen LogP contribution in [0.25, 0.3) is 6.08 Å². The van der Waals surface area contributed by atoms with Crippen LogP contribution >= 0.6 is 27.3 Å². The first kappa shape index (κ1) is 10.5. The summed E-state index contributed by atoms with van der Waals surface area (Å²) in [5.74, 6) is -0.275. The van der Waals surface area contributed by atoms with Gasteiger partial charge >= 0.3 is 5.97 Å². The maximum atomic E-state index is 11.1. The number of rotatable bonds is 3. The van der Waals surface area contributed by atoms with Crippen LogP contribution in [0.2, 0.25) is 0 Å². The topological polar surface area (TPSA) is 26.3 Å². The molecular formula is C9H9BrO2S. The first-order chi connectivity index (χ1) is 6.27. The van der Waals surface area contributed by atoms with Crippen LogP contribution in [0.5, 0.6) is 0 Å². The lowest BCUT2D eigenvalue weighted by molar-refractivity contribution is 0.0606. The number of carbonyl (C=O) groups is 1. The predicted molar refractivity (Wildman–Crippen MR) is 58.5 cm³/mol. The van der Waals surface area contributed by atoms with Crippen LogP contribution in [0.1, 0.15) is 14.5 Å². The number of ether oxygens (including phenoxy) is 1. The molecule has 0 radical (unpaired) electrons. The van der Waals surface area contributed by atoms with Crippen LogP contribution in [0, 0.1) is 0 Å². The molecule has 2 nitrogen and oxygen atoms in total. The summed E-state index contributed by atoms with van der Waals surface area (Å²) in [7, 11) is 1.38. The quantitative estimate of drug-likeness (QED) is 0.617. The van der Waals surface area contributed by atoms with Gasteiger partial charge in [-0.15, -0.1) is 11.3 Å². The molecule has 1 rings (SSSR count). The van der Waals surface area contributed by atoms with Crippen LogP contribution in [-0.4, -0.2) is 18.4 Å². The number of methoxy groups -OCH3 is 1. The van der Waals surface area contributed by atoms with E-state index < -0.39 is 0 Å². The molecule has 0 unspecified atom stereocenters. The fourth-order valence-corrected chi connectivity index (χ4v) is 1.86. The molecule has 4 heteroatoms. The van der Waals surface area contributed by atoms with Crippen LogP contribution in [0.15, 0.2) is 18.2 Å². The minimum absolute atomic E-state index is 0.275. The maximum Gasteiger partial charge on any atom is 0.348 e. The van der Waals surface area contributed by atoms with E-state index in [4.69, 9.17) is 0 Å². The van der Waals surface area contributed by atoms with Gasteiger partial charge < -0.3 is 4.74 Å². The lowest BCUT2D eigenvalue weighted by Crippen LogP contribution is -1.96. The van der Waals surface area contributed by atoms with Crippen LogP contribution in [0.3, 0.4) is 0 Å². The van der Waals surface area contributed by atoms with Crippen molar-refractivity contribution in [1.82, 2.24) is 0 Å². The van der Waals surface area contributed by atoms with Crippen molar-refractivity contribution in [1.29, 1.82) is 0 Å². The Labute approximate surface area is 89.3 Å². The van der Waals surface area contributed by atoms with Gasteiger partial charge in [-0.05, 0) is 18.2 Å². The summed E-state index contributed by atoms with van der Waals surface area (Å²) in [5.41, 5.74) is 0. The van der Waals surface area contributed by atoms with Gasteiger partial charge in [0.05, 0.1) is 7.11 Å². The minimum atomic E-state index is -0.275. The zero-order chi connectivity index (χ0) is 9.68. The van der Waals surface area contributed by atoms with Gasteiger partial charge in [0.2, 0.25) is 0 Å². The van der Waals surface area contributed by atoms with Crippen LogP contribution in [-0.2, 0) is 4.74 Å². The molecule has 0 fully saturated rings. The minimum Gasteiger partial charge on any atom is -0.465 e. The van der Waals surface area contributed by atoms with E-state index in [1.54, 1.807) is 6.07 Å². The molecule has 70 valence electrons. The van der Waals surface area contributed by atoms with Crippen molar-refractivity contribution in [2.75, 3.05) is 12.4 Å². The predicted octanol–water partition coefficient (Wildman–Crippen LogP) is 2.94. The molecule has 0 aliphatic carbocycles. The Kier molecular flexibility index (Phi) is 4.18. The molecule has 0 aliphatic heterocycles. The fourth-order valence-electron chi connectivity index (χ4n) is 0.813. The van der Waals surface area contributed by atoms with E-state index in [0.29, 0.717) is 4.88 Å². The van der Waals surface area contributed by atoms with Crippen molar-refractivity contribution in [3.63, 3.8) is 0 Å². The van der Waals surface area contributed by atoms with E-state index in [1.165, 1.54) is 18.4 Å². The van der Waals surface area contributed by atoms with Gasteiger partial charge in [-0.2, -0.15) is 0 Å². The summed E-state index contributed by atoms with van der Waals surface area (Å²) in [5, 5.41) is 0.818. The number of hydrogen-bond donors (Lipinski definition) is 0. The summed E-state index contributed by atoms with van der Waals surface area (Å²) in [6.45, 7) is 0. The lowest BCUT2D eigenvalue weighted by Gasteiger charge is -1.91. The molecule has 0 atom stereocenters. The Morgan fingerprint density at radius 2 is 2.46 bits per heavy atom. The molecule has 13 heavy (non-hydrogen) atoms. The second-order valence-electron chi connectivity index (χ2n) is 2.25. The van der Waals surface area contributed by atoms with Crippen LogP contribution < -0.4 is 0 Å².